The Morgan fingerprint density at radius 3 is 2.57 bits per heavy atom. The van der Waals surface area contributed by atoms with Crippen molar-refractivity contribution in [3.05, 3.63) is 35.9 Å². The van der Waals surface area contributed by atoms with Crippen LogP contribution in [-0.2, 0) is 0 Å². The van der Waals surface area contributed by atoms with Crippen molar-refractivity contribution < 1.29 is 8.78 Å². The number of nitrogens with two attached hydrogens (primary N) is 1. The number of hydrazine groups is 1. The molecule has 1 heterocycles. The van der Waals surface area contributed by atoms with Crippen molar-refractivity contribution in [1.82, 2.24) is 4.98 Å². The van der Waals surface area contributed by atoms with Gasteiger partial charge in [0.2, 0.25) is 0 Å². The van der Waals surface area contributed by atoms with Gasteiger partial charge in [-0.2, -0.15) is 0 Å². The monoisotopic (exact) mass is 195 g/mol. The standard InChI is InChI=1S/C9H7F2N3/c10-6-3-1-5-2-4-7(14-12)13-9(5)8(6)11/h1-4H,12H2,(H,13,14). The van der Waals surface area contributed by atoms with Crippen LogP contribution in [0.5, 0.6) is 0 Å². The summed E-state index contributed by atoms with van der Waals surface area (Å²) in [5.74, 6) is 3.52. The molecule has 0 bridgehead atoms. The number of nitrogens with zero attached hydrogens (tertiary/aromatic N) is 1. The van der Waals surface area contributed by atoms with Crippen molar-refractivity contribution in [2.75, 3.05) is 5.43 Å². The number of anilines is 1. The molecule has 5 heteroatoms. The largest absolute Gasteiger partial charge is 0.308 e. The van der Waals surface area contributed by atoms with Gasteiger partial charge in [0.1, 0.15) is 11.3 Å². The van der Waals surface area contributed by atoms with Crippen LogP contribution in [0.25, 0.3) is 10.9 Å². The first-order chi connectivity index (χ1) is 6.72. The maximum atomic E-state index is 13.2. The lowest BCUT2D eigenvalue weighted by molar-refractivity contribution is 0.515. The molecule has 2 aromatic rings. The fraction of sp³-hybridized carbons (Fsp3) is 0. The number of nitrogen functional groups attached to an aromatic ring is 1. The maximum Gasteiger partial charge on any atom is 0.185 e. The van der Waals surface area contributed by atoms with Crippen molar-refractivity contribution in [1.29, 1.82) is 0 Å². The summed E-state index contributed by atoms with van der Waals surface area (Å²) >= 11 is 0. The van der Waals surface area contributed by atoms with Gasteiger partial charge in [0, 0.05) is 5.39 Å². The summed E-state index contributed by atoms with van der Waals surface area (Å²) in [6, 6.07) is 5.72. The Morgan fingerprint density at radius 1 is 1.14 bits per heavy atom. The zero-order valence-electron chi connectivity index (χ0n) is 7.09. The van der Waals surface area contributed by atoms with E-state index in [2.05, 4.69) is 10.4 Å². The third-order valence-electron chi connectivity index (χ3n) is 1.90. The average molecular weight is 195 g/mol. The quantitative estimate of drug-likeness (QED) is 0.538. The van der Waals surface area contributed by atoms with Gasteiger partial charge in [0.15, 0.2) is 11.6 Å². The topological polar surface area (TPSA) is 50.9 Å². The van der Waals surface area contributed by atoms with Gasteiger partial charge in [-0.15, -0.1) is 0 Å². The third-order valence-corrected chi connectivity index (χ3v) is 1.90. The molecule has 3 nitrogen and oxygen atoms in total. The zero-order valence-corrected chi connectivity index (χ0v) is 7.09. The molecule has 0 saturated carbocycles. The molecule has 72 valence electrons. The fourth-order valence-electron chi connectivity index (χ4n) is 1.21. The van der Waals surface area contributed by atoms with Crippen molar-refractivity contribution in [2.24, 2.45) is 5.84 Å². The number of nitrogens with one attached hydrogen (secondary N) is 1. The Labute approximate surface area is 78.5 Å². The molecular formula is C9H7F2N3. The number of hydrogen-bond acceptors (Lipinski definition) is 3. The molecule has 0 aliphatic rings. The molecule has 0 saturated heterocycles. The Morgan fingerprint density at radius 2 is 1.86 bits per heavy atom. The molecule has 0 amide bonds. The SMILES string of the molecule is NNc1ccc2ccc(F)c(F)c2n1. The van der Waals surface area contributed by atoms with Gasteiger partial charge < -0.3 is 5.43 Å². The van der Waals surface area contributed by atoms with Crippen LogP contribution < -0.4 is 11.3 Å². The third kappa shape index (κ3) is 1.27. The van der Waals surface area contributed by atoms with Gasteiger partial charge in [-0.25, -0.2) is 19.6 Å². The summed E-state index contributed by atoms with van der Waals surface area (Å²) in [6.07, 6.45) is 0. The predicted molar refractivity (Wildman–Crippen MR) is 49.5 cm³/mol. The fourth-order valence-corrected chi connectivity index (χ4v) is 1.21. The van der Waals surface area contributed by atoms with Crippen LogP contribution in [0.4, 0.5) is 14.6 Å². The highest BCUT2D eigenvalue weighted by atomic mass is 19.2. The normalized spacial score (nSPS) is 10.5. The van der Waals surface area contributed by atoms with Crippen molar-refractivity contribution in [3.63, 3.8) is 0 Å². The number of pyridine rings is 1. The number of aromatic nitrogens is 1. The Hall–Kier alpha value is -1.75. The Balaban J connectivity index is 2.78. The van der Waals surface area contributed by atoms with Crippen LogP contribution in [0.2, 0.25) is 0 Å². The molecule has 0 aliphatic carbocycles. The molecule has 1 aromatic heterocycles. The predicted octanol–water partition coefficient (Wildman–Crippen LogP) is 1.80. The van der Waals surface area contributed by atoms with Crippen LogP contribution in [0.1, 0.15) is 0 Å². The van der Waals surface area contributed by atoms with E-state index in [9.17, 15) is 8.78 Å². The van der Waals surface area contributed by atoms with E-state index in [0.29, 0.717) is 11.2 Å². The minimum absolute atomic E-state index is 0.0274. The van der Waals surface area contributed by atoms with E-state index < -0.39 is 11.6 Å². The van der Waals surface area contributed by atoms with Gasteiger partial charge in [0.25, 0.3) is 0 Å². The lowest BCUT2D eigenvalue weighted by atomic mass is 10.2. The number of rotatable bonds is 1. The molecule has 14 heavy (non-hydrogen) atoms. The smallest absolute Gasteiger partial charge is 0.185 e. The second kappa shape index (κ2) is 3.19. The molecule has 1 aromatic carbocycles. The molecule has 0 aliphatic heterocycles. The lowest BCUT2D eigenvalue weighted by Gasteiger charge is -2.02. The van der Waals surface area contributed by atoms with Crippen LogP contribution in [0.15, 0.2) is 24.3 Å². The van der Waals surface area contributed by atoms with Gasteiger partial charge >= 0.3 is 0 Å². The minimum atomic E-state index is -0.959. The first-order valence-corrected chi connectivity index (χ1v) is 3.94. The van der Waals surface area contributed by atoms with Crippen LogP contribution >= 0.6 is 0 Å². The zero-order chi connectivity index (χ0) is 10.1. The summed E-state index contributed by atoms with van der Waals surface area (Å²) in [5.41, 5.74) is 2.24. The lowest BCUT2D eigenvalue weighted by Crippen LogP contribution is -2.08. The number of benzene rings is 1. The van der Waals surface area contributed by atoms with Crippen molar-refractivity contribution >= 4 is 16.7 Å². The molecule has 2 rings (SSSR count). The second-order valence-corrected chi connectivity index (χ2v) is 2.77. The Kier molecular flexibility index (Phi) is 2.01. The van der Waals surface area contributed by atoms with E-state index in [0.717, 1.165) is 6.07 Å². The molecule has 3 N–H and O–H groups in total. The molecular weight excluding hydrogens is 188 g/mol. The number of halogens is 2. The van der Waals surface area contributed by atoms with Crippen LogP contribution in [0.3, 0.4) is 0 Å². The second-order valence-electron chi connectivity index (χ2n) is 2.77. The first-order valence-electron chi connectivity index (χ1n) is 3.94. The molecule has 0 atom stereocenters. The number of fused-ring (bicyclic) bond motifs is 1. The van der Waals surface area contributed by atoms with E-state index in [4.69, 9.17) is 5.84 Å². The highest BCUT2D eigenvalue weighted by molar-refractivity contribution is 5.80. The van der Waals surface area contributed by atoms with E-state index >= 15 is 0 Å². The van der Waals surface area contributed by atoms with E-state index in [1.54, 1.807) is 12.1 Å². The van der Waals surface area contributed by atoms with Crippen molar-refractivity contribution in [3.8, 4) is 0 Å². The average Bonchev–Trinajstić information content (AvgIpc) is 2.23. The van der Waals surface area contributed by atoms with Gasteiger partial charge in [-0.05, 0) is 24.3 Å². The van der Waals surface area contributed by atoms with Crippen molar-refractivity contribution in [2.45, 2.75) is 0 Å². The summed E-state index contributed by atoms with van der Waals surface area (Å²) in [4.78, 5) is 3.80. The van der Waals surface area contributed by atoms with E-state index in [1.165, 1.54) is 6.07 Å². The summed E-state index contributed by atoms with van der Waals surface area (Å²) in [5, 5.41) is 0.530. The molecule has 0 radical (unpaired) electrons. The molecule has 0 unspecified atom stereocenters. The van der Waals surface area contributed by atoms with Gasteiger partial charge in [-0.3, -0.25) is 0 Å². The summed E-state index contributed by atoms with van der Waals surface area (Å²) < 4.78 is 26.0. The summed E-state index contributed by atoms with van der Waals surface area (Å²) in [7, 11) is 0. The van der Waals surface area contributed by atoms with Crippen LogP contribution in [0, 0.1) is 11.6 Å². The highest BCUT2D eigenvalue weighted by Crippen LogP contribution is 2.19. The summed E-state index contributed by atoms with van der Waals surface area (Å²) in [6.45, 7) is 0. The molecule has 0 spiro atoms. The minimum Gasteiger partial charge on any atom is -0.308 e. The highest BCUT2D eigenvalue weighted by Gasteiger charge is 2.08. The van der Waals surface area contributed by atoms with E-state index in [-0.39, 0.29) is 5.52 Å². The van der Waals surface area contributed by atoms with Crippen LogP contribution in [-0.4, -0.2) is 4.98 Å². The number of hydrogen-bond donors (Lipinski definition) is 2. The molecule has 0 fully saturated rings. The first kappa shape index (κ1) is 8.83. The van der Waals surface area contributed by atoms with Gasteiger partial charge in [0.05, 0.1) is 0 Å². The van der Waals surface area contributed by atoms with E-state index in [1.807, 2.05) is 0 Å². The maximum absolute atomic E-state index is 13.2. The van der Waals surface area contributed by atoms with Gasteiger partial charge in [-0.1, -0.05) is 0 Å². The Bertz CT molecular complexity index is 485.